The predicted molar refractivity (Wildman–Crippen MR) is 45.4 cm³/mol. The number of terminal acetylenes is 1. The van der Waals surface area contributed by atoms with E-state index in [4.69, 9.17) is 5.11 Å². The summed E-state index contributed by atoms with van der Waals surface area (Å²) < 4.78 is 0. The number of amides is 1. The first-order chi connectivity index (χ1) is 5.18. The number of hydrogen-bond donors (Lipinski definition) is 2. The second kappa shape index (κ2) is 11.6. The van der Waals surface area contributed by atoms with Crippen molar-refractivity contribution in [2.45, 2.75) is 26.7 Å². The Kier molecular flexibility index (Phi) is 13.2. The minimum Gasteiger partial charge on any atom is -0.465 e. The van der Waals surface area contributed by atoms with Crippen molar-refractivity contribution < 1.29 is 9.90 Å². The van der Waals surface area contributed by atoms with Gasteiger partial charge >= 0.3 is 6.09 Å². The SMILES string of the molecule is C#CC.CCCCNC(=O)O. The number of hydrogen-bond acceptors (Lipinski definition) is 1. The van der Waals surface area contributed by atoms with Crippen molar-refractivity contribution in [2.75, 3.05) is 6.54 Å². The quantitative estimate of drug-likeness (QED) is 0.484. The van der Waals surface area contributed by atoms with Crippen LogP contribution in [0.1, 0.15) is 26.7 Å². The highest BCUT2D eigenvalue weighted by Crippen LogP contribution is 1.80. The van der Waals surface area contributed by atoms with Crippen LogP contribution < -0.4 is 5.32 Å². The van der Waals surface area contributed by atoms with Gasteiger partial charge in [-0.1, -0.05) is 13.3 Å². The highest BCUT2D eigenvalue weighted by Gasteiger charge is 1.88. The van der Waals surface area contributed by atoms with Gasteiger partial charge < -0.3 is 10.4 Å². The zero-order valence-electron chi connectivity index (χ0n) is 7.05. The number of nitrogens with one attached hydrogen (secondary N) is 1. The molecule has 3 nitrogen and oxygen atoms in total. The van der Waals surface area contributed by atoms with Gasteiger partial charge in [0.25, 0.3) is 0 Å². The standard InChI is InChI=1S/C5H11NO2.C3H4/c1-2-3-4-6-5(7)8;1-3-2/h6H,2-4H2,1H3,(H,7,8);1H,2H3. The Morgan fingerprint density at radius 2 is 2.18 bits per heavy atom. The fourth-order valence-electron chi connectivity index (χ4n) is 0.372. The first-order valence-corrected chi connectivity index (χ1v) is 3.53. The minimum atomic E-state index is -0.932. The Morgan fingerprint density at radius 3 is 2.45 bits per heavy atom. The lowest BCUT2D eigenvalue weighted by atomic mass is 10.3. The van der Waals surface area contributed by atoms with Crippen LogP contribution in [0.5, 0.6) is 0 Å². The molecule has 0 aliphatic carbocycles. The Balaban J connectivity index is 0. The normalized spacial score (nSPS) is 7.00. The van der Waals surface area contributed by atoms with Crippen LogP contribution in [0.2, 0.25) is 0 Å². The molecule has 0 aromatic carbocycles. The molecule has 0 aromatic rings. The van der Waals surface area contributed by atoms with Crippen molar-refractivity contribution in [3.05, 3.63) is 0 Å². The Labute approximate surface area is 67.8 Å². The van der Waals surface area contributed by atoms with Gasteiger partial charge in [-0.25, -0.2) is 4.79 Å². The van der Waals surface area contributed by atoms with Crippen molar-refractivity contribution in [1.29, 1.82) is 0 Å². The van der Waals surface area contributed by atoms with E-state index in [0.29, 0.717) is 6.54 Å². The van der Waals surface area contributed by atoms with Gasteiger partial charge in [0.1, 0.15) is 0 Å². The molecule has 0 bridgehead atoms. The summed E-state index contributed by atoms with van der Waals surface area (Å²) in [5.74, 6) is 2.25. The van der Waals surface area contributed by atoms with Gasteiger partial charge in [-0.3, -0.25) is 0 Å². The second-order valence-electron chi connectivity index (χ2n) is 1.87. The minimum absolute atomic E-state index is 0.575. The Morgan fingerprint density at radius 1 is 1.73 bits per heavy atom. The summed E-state index contributed by atoms with van der Waals surface area (Å²) in [6, 6.07) is 0. The summed E-state index contributed by atoms with van der Waals surface area (Å²) in [7, 11) is 0. The van der Waals surface area contributed by atoms with Gasteiger partial charge in [-0.2, -0.15) is 0 Å². The summed E-state index contributed by atoms with van der Waals surface area (Å²) in [4.78, 5) is 9.76. The summed E-state index contributed by atoms with van der Waals surface area (Å²) >= 11 is 0. The molecule has 3 heteroatoms. The van der Waals surface area contributed by atoms with E-state index in [-0.39, 0.29) is 0 Å². The number of rotatable bonds is 3. The molecule has 0 spiro atoms. The van der Waals surface area contributed by atoms with Gasteiger partial charge in [0.05, 0.1) is 0 Å². The molecule has 64 valence electrons. The molecule has 0 saturated heterocycles. The maximum atomic E-state index is 9.76. The summed E-state index contributed by atoms with van der Waals surface area (Å²) in [5.41, 5.74) is 0. The van der Waals surface area contributed by atoms with Gasteiger partial charge in [-0.05, 0) is 13.3 Å². The van der Waals surface area contributed by atoms with Gasteiger partial charge in [0.15, 0.2) is 0 Å². The number of carbonyl (C=O) groups is 1. The van der Waals surface area contributed by atoms with Crippen LogP contribution in [0.3, 0.4) is 0 Å². The lowest BCUT2D eigenvalue weighted by Gasteiger charge is -1.94. The molecule has 0 aliphatic rings. The van der Waals surface area contributed by atoms with Gasteiger partial charge in [0, 0.05) is 6.54 Å². The van der Waals surface area contributed by atoms with Crippen molar-refractivity contribution >= 4 is 6.09 Å². The molecule has 0 fully saturated rings. The third kappa shape index (κ3) is 28.1. The van der Waals surface area contributed by atoms with E-state index in [9.17, 15) is 4.79 Å². The van der Waals surface area contributed by atoms with Crippen LogP contribution in [0, 0.1) is 12.3 Å². The van der Waals surface area contributed by atoms with Crippen molar-refractivity contribution in [1.82, 2.24) is 5.32 Å². The average Bonchev–Trinajstić information content (AvgIpc) is 1.89. The molecular weight excluding hydrogens is 142 g/mol. The predicted octanol–water partition coefficient (Wildman–Crippen LogP) is 1.69. The van der Waals surface area contributed by atoms with Crippen LogP contribution in [0.15, 0.2) is 0 Å². The summed E-state index contributed by atoms with van der Waals surface area (Å²) in [6.45, 7) is 4.25. The monoisotopic (exact) mass is 157 g/mol. The van der Waals surface area contributed by atoms with Crippen molar-refractivity contribution in [3.63, 3.8) is 0 Å². The fraction of sp³-hybridized carbons (Fsp3) is 0.625. The van der Waals surface area contributed by atoms with E-state index in [0.717, 1.165) is 12.8 Å². The smallest absolute Gasteiger partial charge is 0.404 e. The van der Waals surface area contributed by atoms with Crippen LogP contribution in [-0.2, 0) is 0 Å². The van der Waals surface area contributed by atoms with Crippen LogP contribution >= 0.6 is 0 Å². The van der Waals surface area contributed by atoms with Gasteiger partial charge in [0.2, 0.25) is 0 Å². The van der Waals surface area contributed by atoms with Crippen LogP contribution in [-0.4, -0.2) is 17.7 Å². The molecule has 0 aliphatic heterocycles. The number of carboxylic acid groups (broad SMARTS) is 1. The third-order valence-electron chi connectivity index (χ3n) is 0.807. The average molecular weight is 157 g/mol. The Hall–Kier alpha value is -1.17. The van der Waals surface area contributed by atoms with Crippen LogP contribution in [0.25, 0.3) is 0 Å². The lowest BCUT2D eigenvalue weighted by Crippen LogP contribution is -2.21. The molecule has 0 radical (unpaired) electrons. The first-order valence-electron chi connectivity index (χ1n) is 3.53. The van der Waals surface area contributed by atoms with E-state index in [1.54, 1.807) is 6.92 Å². The summed E-state index contributed by atoms with van der Waals surface area (Å²) in [5, 5.41) is 10.3. The maximum Gasteiger partial charge on any atom is 0.404 e. The molecule has 0 aromatic heterocycles. The molecule has 0 heterocycles. The molecule has 0 unspecified atom stereocenters. The topological polar surface area (TPSA) is 49.3 Å². The highest BCUT2D eigenvalue weighted by molar-refractivity contribution is 5.64. The lowest BCUT2D eigenvalue weighted by molar-refractivity contribution is 0.194. The van der Waals surface area contributed by atoms with E-state index in [2.05, 4.69) is 17.7 Å². The summed E-state index contributed by atoms with van der Waals surface area (Å²) in [6.07, 6.45) is 5.62. The zero-order valence-corrected chi connectivity index (χ0v) is 7.05. The van der Waals surface area contributed by atoms with Crippen molar-refractivity contribution in [3.8, 4) is 12.3 Å². The molecule has 1 amide bonds. The molecule has 0 atom stereocenters. The molecule has 0 rings (SSSR count). The fourth-order valence-corrected chi connectivity index (χ4v) is 0.372. The highest BCUT2D eigenvalue weighted by atomic mass is 16.4. The first kappa shape index (κ1) is 12.5. The zero-order chi connectivity index (χ0) is 9.11. The van der Waals surface area contributed by atoms with E-state index < -0.39 is 6.09 Å². The molecule has 2 N–H and O–H groups in total. The molecule has 11 heavy (non-hydrogen) atoms. The third-order valence-corrected chi connectivity index (χ3v) is 0.807. The van der Waals surface area contributed by atoms with E-state index in [1.165, 1.54) is 0 Å². The second-order valence-corrected chi connectivity index (χ2v) is 1.87. The van der Waals surface area contributed by atoms with Crippen LogP contribution in [0.4, 0.5) is 4.79 Å². The van der Waals surface area contributed by atoms with E-state index in [1.807, 2.05) is 6.92 Å². The largest absolute Gasteiger partial charge is 0.465 e. The molecular formula is C8H15NO2. The maximum absolute atomic E-state index is 9.76. The van der Waals surface area contributed by atoms with Gasteiger partial charge in [-0.15, -0.1) is 12.3 Å². The van der Waals surface area contributed by atoms with E-state index >= 15 is 0 Å². The molecule has 0 saturated carbocycles. The number of unbranched alkanes of at least 4 members (excludes halogenated alkanes) is 1. The van der Waals surface area contributed by atoms with Crippen molar-refractivity contribution in [2.24, 2.45) is 0 Å². The Bertz CT molecular complexity index is 127.